The summed E-state index contributed by atoms with van der Waals surface area (Å²) in [6, 6.07) is 13.7. The summed E-state index contributed by atoms with van der Waals surface area (Å²) < 4.78 is 18.2. The highest BCUT2D eigenvalue weighted by atomic mass is 19.1. The summed E-state index contributed by atoms with van der Waals surface area (Å²) in [5.41, 5.74) is 2.48. The summed E-state index contributed by atoms with van der Waals surface area (Å²) >= 11 is 0. The minimum absolute atomic E-state index is 0.310. The number of halogens is 1. The van der Waals surface area contributed by atoms with Crippen molar-refractivity contribution in [2.75, 3.05) is 19.0 Å². The van der Waals surface area contributed by atoms with Crippen molar-refractivity contribution in [1.29, 1.82) is 0 Å². The van der Waals surface area contributed by atoms with Gasteiger partial charge in [-0.25, -0.2) is 4.39 Å². The van der Waals surface area contributed by atoms with E-state index in [2.05, 4.69) is 5.32 Å². The molecular weight excluding hydrogens is 257 g/mol. The first-order valence-corrected chi connectivity index (χ1v) is 6.45. The van der Waals surface area contributed by atoms with E-state index in [9.17, 15) is 9.50 Å². The van der Waals surface area contributed by atoms with Gasteiger partial charge in [0.05, 0.1) is 12.7 Å². The van der Waals surface area contributed by atoms with Gasteiger partial charge in [0, 0.05) is 24.9 Å². The molecule has 0 radical (unpaired) electrons. The van der Waals surface area contributed by atoms with Crippen LogP contribution in [0.3, 0.4) is 0 Å². The highest BCUT2D eigenvalue weighted by Crippen LogP contribution is 2.19. The fourth-order valence-electron chi connectivity index (χ4n) is 2.01. The number of para-hydroxylation sites is 1. The molecule has 106 valence electrons. The van der Waals surface area contributed by atoms with E-state index in [1.54, 1.807) is 19.2 Å². The van der Waals surface area contributed by atoms with Crippen LogP contribution in [-0.2, 0) is 11.3 Å². The number of aliphatic hydroxyl groups excluding tert-OH is 1. The first-order chi connectivity index (χ1) is 9.70. The molecule has 0 amide bonds. The fraction of sp³-hybridized carbons (Fsp3) is 0.250. The highest BCUT2D eigenvalue weighted by molar-refractivity contribution is 5.51. The largest absolute Gasteiger partial charge is 0.387 e. The lowest BCUT2D eigenvalue weighted by molar-refractivity contribution is 0.184. The van der Waals surface area contributed by atoms with E-state index in [1.165, 1.54) is 12.1 Å². The number of nitrogens with one attached hydrogen (secondary N) is 1. The normalized spacial score (nSPS) is 12.2. The van der Waals surface area contributed by atoms with Crippen LogP contribution in [0.5, 0.6) is 0 Å². The molecule has 0 fully saturated rings. The molecule has 0 aliphatic carbocycles. The number of aliphatic hydroxyl groups is 1. The Hall–Kier alpha value is -1.91. The zero-order valence-corrected chi connectivity index (χ0v) is 11.3. The van der Waals surface area contributed by atoms with Crippen molar-refractivity contribution in [3.8, 4) is 0 Å². The van der Waals surface area contributed by atoms with E-state index in [0.29, 0.717) is 18.7 Å². The van der Waals surface area contributed by atoms with E-state index < -0.39 is 6.10 Å². The molecule has 0 aliphatic heterocycles. The molecule has 1 atom stereocenters. The standard InChI is InChI=1S/C16H18FNO2/c1-20-11-13-5-2-3-8-15(13)18-10-16(19)12-6-4-7-14(17)9-12/h2-9,16,18-19H,10-11H2,1H3. The monoisotopic (exact) mass is 275 g/mol. The first-order valence-electron chi connectivity index (χ1n) is 6.45. The summed E-state index contributed by atoms with van der Waals surface area (Å²) in [5.74, 6) is -0.346. The van der Waals surface area contributed by atoms with Crippen LogP contribution in [-0.4, -0.2) is 18.8 Å². The van der Waals surface area contributed by atoms with Gasteiger partial charge >= 0.3 is 0 Å². The average Bonchev–Trinajstić information content (AvgIpc) is 2.46. The average molecular weight is 275 g/mol. The SMILES string of the molecule is COCc1ccccc1NCC(O)c1cccc(F)c1. The van der Waals surface area contributed by atoms with Crippen LogP contribution in [0.2, 0.25) is 0 Å². The van der Waals surface area contributed by atoms with Crippen LogP contribution in [0.4, 0.5) is 10.1 Å². The van der Waals surface area contributed by atoms with Gasteiger partial charge in [0.1, 0.15) is 5.82 Å². The molecule has 4 heteroatoms. The molecule has 1 unspecified atom stereocenters. The summed E-state index contributed by atoms with van der Waals surface area (Å²) in [6.07, 6.45) is -0.763. The molecule has 20 heavy (non-hydrogen) atoms. The van der Waals surface area contributed by atoms with Crippen molar-refractivity contribution in [3.63, 3.8) is 0 Å². The number of hydrogen-bond acceptors (Lipinski definition) is 3. The van der Waals surface area contributed by atoms with Crippen LogP contribution < -0.4 is 5.32 Å². The van der Waals surface area contributed by atoms with Crippen LogP contribution in [0.1, 0.15) is 17.2 Å². The van der Waals surface area contributed by atoms with Crippen LogP contribution >= 0.6 is 0 Å². The molecule has 2 aromatic rings. The molecule has 2 aromatic carbocycles. The van der Waals surface area contributed by atoms with Crippen molar-refractivity contribution in [1.82, 2.24) is 0 Å². The molecule has 0 saturated heterocycles. The second-order valence-electron chi connectivity index (χ2n) is 4.54. The molecule has 3 nitrogen and oxygen atoms in total. The van der Waals surface area contributed by atoms with Crippen molar-refractivity contribution in [2.24, 2.45) is 0 Å². The van der Waals surface area contributed by atoms with E-state index in [4.69, 9.17) is 4.74 Å². The third kappa shape index (κ3) is 3.79. The van der Waals surface area contributed by atoms with Gasteiger partial charge in [0.15, 0.2) is 0 Å². The third-order valence-corrected chi connectivity index (χ3v) is 3.04. The maximum absolute atomic E-state index is 13.1. The Kier molecular flexibility index (Phi) is 5.09. The lowest BCUT2D eigenvalue weighted by Gasteiger charge is -2.15. The molecular formula is C16H18FNO2. The Morgan fingerprint density at radius 1 is 1.20 bits per heavy atom. The Morgan fingerprint density at radius 3 is 2.75 bits per heavy atom. The van der Waals surface area contributed by atoms with Gasteiger partial charge in [-0.3, -0.25) is 0 Å². The zero-order chi connectivity index (χ0) is 14.4. The summed E-state index contributed by atoms with van der Waals surface area (Å²) in [7, 11) is 1.64. The Labute approximate surface area is 118 Å². The predicted octanol–water partition coefficient (Wildman–Crippen LogP) is 3.12. The summed E-state index contributed by atoms with van der Waals surface area (Å²) in [6.45, 7) is 0.809. The van der Waals surface area contributed by atoms with Gasteiger partial charge in [0.25, 0.3) is 0 Å². The van der Waals surface area contributed by atoms with Gasteiger partial charge in [-0.1, -0.05) is 30.3 Å². The van der Waals surface area contributed by atoms with E-state index >= 15 is 0 Å². The van der Waals surface area contributed by atoms with E-state index in [0.717, 1.165) is 11.3 Å². The maximum Gasteiger partial charge on any atom is 0.123 e. The van der Waals surface area contributed by atoms with Crippen molar-refractivity contribution >= 4 is 5.69 Å². The van der Waals surface area contributed by atoms with E-state index in [-0.39, 0.29) is 5.82 Å². The fourth-order valence-corrected chi connectivity index (χ4v) is 2.01. The molecule has 0 spiro atoms. The number of rotatable bonds is 6. The third-order valence-electron chi connectivity index (χ3n) is 3.04. The quantitative estimate of drug-likeness (QED) is 0.851. The van der Waals surface area contributed by atoms with Gasteiger partial charge in [-0.15, -0.1) is 0 Å². The van der Waals surface area contributed by atoms with Gasteiger partial charge in [0.2, 0.25) is 0 Å². The first kappa shape index (κ1) is 14.5. The number of ether oxygens (including phenoxy) is 1. The number of anilines is 1. The molecule has 0 aromatic heterocycles. The van der Waals surface area contributed by atoms with Gasteiger partial charge in [-0.2, -0.15) is 0 Å². The number of methoxy groups -OCH3 is 1. The minimum Gasteiger partial charge on any atom is -0.387 e. The maximum atomic E-state index is 13.1. The topological polar surface area (TPSA) is 41.5 Å². The lowest BCUT2D eigenvalue weighted by Crippen LogP contribution is -2.13. The van der Waals surface area contributed by atoms with Gasteiger partial charge < -0.3 is 15.2 Å². The highest BCUT2D eigenvalue weighted by Gasteiger charge is 2.09. The molecule has 0 saturated carbocycles. The van der Waals surface area contributed by atoms with Crippen LogP contribution in [0, 0.1) is 5.82 Å². The lowest BCUT2D eigenvalue weighted by atomic mass is 10.1. The van der Waals surface area contributed by atoms with Crippen molar-refractivity contribution < 1.29 is 14.2 Å². The molecule has 2 rings (SSSR count). The second-order valence-corrected chi connectivity index (χ2v) is 4.54. The molecule has 0 heterocycles. The number of benzene rings is 2. The Morgan fingerprint density at radius 2 is 2.00 bits per heavy atom. The smallest absolute Gasteiger partial charge is 0.123 e. The van der Waals surface area contributed by atoms with E-state index in [1.807, 2.05) is 24.3 Å². The number of hydrogen-bond donors (Lipinski definition) is 2. The Balaban J connectivity index is 2.01. The van der Waals surface area contributed by atoms with Gasteiger partial charge in [-0.05, 0) is 23.8 Å². The molecule has 2 N–H and O–H groups in total. The van der Waals surface area contributed by atoms with Crippen molar-refractivity contribution in [3.05, 3.63) is 65.5 Å². The van der Waals surface area contributed by atoms with Crippen molar-refractivity contribution in [2.45, 2.75) is 12.7 Å². The molecule has 0 aliphatic rings. The minimum atomic E-state index is -0.763. The zero-order valence-electron chi connectivity index (χ0n) is 11.3. The van der Waals surface area contributed by atoms with Crippen LogP contribution in [0.15, 0.2) is 48.5 Å². The second kappa shape index (κ2) is 7.03. The molecule has 0 bridgehead atoms. The summed E-state index contributed by atoms with van der Waals surface area (Å²) in [4.78, 5) is 0. The summed E-state index contributed by atoms with van der Waals surface area (Å²) in [5, 5.41) is 13.2. The predicted molar refractivity (Wildman–Crippen MR) is 77.0 cm³/mol. The Bertz CT molecular complexity index is 560. The van der Waals surface area contributed by atoms with Crippen LogP contribution in [0.25, 0.3) is 0 Å².